The summed E-state index contributed by atoms with van der Waals surface area (Å²) in [5.41, 5.74) is 1.09. The summed E-state index contributed by atoms with van der Waals surface area (Å²) in [4.78, 5) is 12.8. The Morgan fingerprint density at radius 2 is 1.83 bits per heavy atom. The van der Waals surface area contributed by atoms with E-state index in [1.807, 2.05) is 0 Å². The molecule has 6 heteroatoms. The van der Waals surface area contributed by atoms with Crippen LogP contribution in [0.1, 0.15) is 21.5 Å². The number of ether oxygens (including phenoxy) is 2. The van der Waals surface area contributed by atoms with E-state index in [0.29, 0.717) is 6.42 Å². The first-order valence-corrected chi connectivity index (χ1v) is 7.51. The number of hydrogen-bond acceptors (Lipinski definition) is 6. The molecule has 0 fully saturated rings. The molecule has 0 radical (unpaired) electrons. The first kappa shape index (κ1) is 16.0. The lowest BCUT2D eigenvalue weighted by atomic mass is 9.88. The molecule has 3 rings (SSSR count). The molecule has 0 bridgehead atoms. The Morgan fingerprint density at radius 3 is 2.46 bits per heavy atom. The highest BCUT2D eigenvalue weighted by atomic mass is 16.5. The number of rotatable bonds is 3. The maximum absolute atomic E-state index is 12.8. The van der Waals surface area contributed by atoms with Crippen LogP contribution >= 0.6 is 0 Å². The standard InChI is InChI=1S/C18H18O6/c1-9-14(20)13-16(22)11(7-10-3-5-12(19)6-4-10)8-24-17(13)18(23-2)15(9)21/h3-6,11,19-21H,7-8H2,1-2H3/t11-/m0/s1. The minimum atomic E-state index is -0.471. The molecule has 126 valence electrons. The average molecular weight is 330 g/mol. The van der Waals surface area contributed by atoms with Crippen LogP contribution in [0.3, 0.4) is 0 Å². The minimum Gasteiger partial charge on any atom is -0.508 e. The molecule has 3 N–H and O–H groups in total. The van der Waals surface area contributed by atoms with Gasteiger partial charge in [0.2, 0.25) is 5.75 Å². The highest BCUT2D eigenvalue weighted by Gasteiger charge is 2.36. The number of carbonyl (C=O) groups is 1. The van der Waals surface area contributed by atoms with Crippen molar-refractivity contribution in [3.63, 3.8) is 0 Å². The van der Waals surface area contributed by atoms with Crippen LogP contribution in [0.15, 0.2) is 24.3 Å². The molecule has 0 spiro atoms. The molecule has 0 saturated heterocycles. The molecular formula is C18H18O6. The summed E-state index contributed by atoms with van der Waals surface area (Å²) in [5, 5.41) is 29.7. The normalized spacial score (nSPS) is 16.4. The molecule has 1 aliphatic heterocycles. The fraction of sp³-hybridized carbons (Fsp3) is 0.278. The Labute approximate surface area is 138 Å². The summed E-state index contributed by atoms with van der Waals surface area (Å²) in [6.07, 6.45) is 0.417. The van der Waals surface area contributed by atoms with E-state index in [1.165, 1.54) is 14.0 Å². The number of carbonyl (C=O) groups excluding carboxylic acids is 1. The highest BCUT2D eigenvalue weighted by Crippen LogP contribution is 2.50. The molecular weight excluding hydrogens is 312 g/mol. The summed E-state index contributed by atoms with van der Waals surface area (Å²) < 4.78 is 10.8. The lowest BCUT2D eigenvalue weighted by molar-refractivity contribution is 0.0820. The van der Waals surface area contributed by atoms with Gasteiger partial charge in [-0.05, 0) is 31.0 Å². The van der Waals surface area contributed by atoms with Crippen LogP contribution in [-0.2, 0) is 6.42 Å². The third-order valence-corrected chi connectivity index (χ3v) is 4.26. The summed E-state index contributed by atoms with van der Waals surface area (Å²) in [6.45, 7) is 1.62. The molecule has 0 aromatic heterocycles. The van der Waals surface area contributed by atoms with E-state index >= 15 is 0 Å². The van der Waals surface area contributed by atoms with Gasteiger partial charge in [-0.3, -0.25) is 4.79 Å². The van der Waals surface area contributed by atoms with Crippen molar-refractivity contribution >= 4 is 5.78 Å². The predicted molar refractivity (Wildman–Crippen MR) is 86.2 cm³/mol. The number of ketones is 1. The van der Waals surface area contributed by atoms with E-state index in [0.717, 1.165) is 5.56 Å². The molecule has 6 nitrogen and oxygen atoms in total. The number of Topliss-reactive ketones (excluding diaryl/α,β-unsaturated/α-hetero) is 1. The second kappa shape index (κ2) is 5.96. The van der Waals surface area contributed by atoms with Gasteiger partial charge in [-0.25, -0.2) is 0 Å². The van der Waals surface area contributed by atoms with Gasteiger partial charge in [0.25, 0.3) is 0 Å². The fourth-order valence-electron chi connectivity index (χ4n) is 2.89. The van der Waals surface area contributed by atoms with Gasteiger partial charge in [-0.1, -0.05) is 12.1 Å². The van der Waals surface area contributed by atoms with Crippen molar-refractivity contribution in [3.8, 4) is 28.7 Å². The molecule has 0 amide bonds. The van der Waals surface area contributed by atoms with Crippen molar-refractivity contribution in [1.29, 1.82) is 0 Å². The lowest BCUT2D eigenvalue weighted by Gasteiger charge is -2.27. The molecule has 0 unspecified atom stereocenters. The van der Waals surface area contributed by atoms with E-state index in [9.17, 15) is 20.1 Å². The number of methoxy groups -OCH3 is 1. The fourth-order valence-corrected chi connectivity index (χ4v) is 2.89. The number of aromatic hydroxyl groups is 3. The minimum absolute atomic E-state index is 0.0391. The second-order valence-corrected chi connectivity index (χ2v) is 5.80. The Morgan fingerprint density at radius 1 is 1.17 bits per heavy atom. The van der Waals surface area contributed by atoms with Crippen LogP contribution in [0.25, 0.3) is 0 Å². The molecule has 2 aromatic rings. The van der Waals surface area contributed by atoms with Gasteiger partial charge in [0.05, 0.1) is 19.6 Å². The first-order valence-electron chi connectivity index (χ1n) is 7.51. The van der Waals surface area contributed by atoms with Crippen molar-refractivity contribution in [2.24, 2.45) is 5.92 Å². The van der Waals surface area contributed by atoms with Gasteiger partial charge in [0, 0.05) is 5.56 Å². The van der Waals surface area contributed by atoms with Crippen molar-refractivity contribution in [2.45, 2.75) is 13.3 Å². The van der Waals surface area contributed by atoms with Gasteiger partial charge in [0.1, 0.15) is 17.1 Å². The van der Waals surface area contributed by atoms with Crippen LogP contribution < -0.4 is 9.47 Å². The van der Waals surface area contributed by atoms with Gasteiger partial charge in [-0.15, -0.1) is 0 Å². The second-order valence-electron chi connectivity index (χ2n) is 5.80. The predicted octanol–water partition coefficient (Wildman–Crippen LogP) is 2.55. The van der Waals surface area contributed by atoms with Crippen LogP contribution in [-0.4, -0.2) is 34.8 Å². The maximum Gasteiger partial charge on any atom is 0.204 e. The van der Waals surface area contributed by atoms with Crippen LogP contribution in [0, 0.1) is 12.8 Å². The van der Waals surface area contributed by atoms with E-state index in [1.54, 1.807) is 24.3 Å². The Kier molecular flexibility index (Phi) is 3.97. The number of phenolic OH excluding ortho intramolecular Hbond substituents is 3. The summed E-state index contributed by atoms with van der Waals surface area (Å²) >= 11 is 0. The molecule has 1 aliphatic rings. The molecule has 0 aliphatic carbocycles. The van der Waals surface area contributed by atoms with Crippen molar-refractivity contribution in [3.05, 3.63) is 41.0 Å². The summed E-state index contributed by atoms with van der Waals surface area (Å²) in [5.74, 6) is -0.974. The summed E-state index contributed by atoms with van der Waals surface area (Å²) in [6, 6.07) is 6.58. The lowest BCUT2D eigenvalue weighted by Crippen LogP contribution is -2.30. The quantitative estimate of drug-likeness (QED) is 0.800. The number of benzene rings is 2. The van der Waals surface area contributed by atoms with Gasteiger partial charge in [0.15, 0.2) is 17.3 Å². The van der Waals surface area contributed by atoms with E-state index in [-0.39, 0.29) is 52.3 Å². The number of hydrogen-bond donors (Lipinski definition) is 3. The zero-order valence-corrected chi connectivity index (χ0v) is 13.4. The zero-order valence-electron chi connectivity index (χ0n) is 13.4. The summed E-state index contributed by atoms with van der Waals surface area (Å²) in [7, 11) is 1.36. The highest BCUT2D eigenvalue weighted by molar-refractivity contribution is 6.05. The maximum atomic E-state index is 12.8. The van der Waals surface area contributed by atoms with Gasteiger partial charge >= 0.3 is 0 Å². The molecule has 1 atom stereocenters. The molecule has 1 heterocycles. The SMILES string of the molecule is COc1c(O)c(C)c(O)c2c1OC[C@H](Cc1ccc(O)cc1)C2=O. The Hall–Kier alpha value is -2.89. The van der Waals surface area contributed by atoms with Crippen molar-refractivity contribution in [2.75, 3.05) is 13.7 Å². The third kappa shape index (κ3) is 2.50. The molecule has 0 saturated carbocycles. The average Bonchev–Trinajstić information content (AvgIpc) is 2.57. The van der Waals surface area contributed by atoms with Crippen molar-refractivity contribution in [1.82, 2.24) is 0 Å². The monoisotopic (exact) mass is 330 g/mol. The van der Waals surface area contributed by atoms with Crippen LogP contribution in [0.4, 0.5) is 0 Å². The third-order valence-electron chi connectivity index (χ3n) is 4.26. The Balaban J connectivity index is 1.98. The van der Waals surface area contributed by atoms with E-state index in [4.69, 9.17) is 9.47 Å². The zero-order chi connectivity index (χ0) is 17.4. The van der Waals surface area contributed by atoms with Crippen molar-refractivity contribution < 1.29 is 29.6 Å². The first-order chi connectivity index (χ1) is 11.4. The Bertz CT molecular complexity index is 794. The van der Waals surface area contributed by atoms with Gasteiger partial charge < -0.3 is 24.8 Å². The van der Waals surface area contributed by atoms with Crippen LogP contribution in [0.5, 0.6) is 28.7 Å². The van der Waals surface area contributed by atoms with E-state index < -0.39 is 5.92 Å². The molecule has 2 aromatic carbocycles. The smallest absolute Gasteiger partial charge is 0.204 e. The number of phenols is 3. The topological polar surface area (TPSA) is 96.2 Å². The van der Waals surface area contributed by atoms with E-state index in [2.05, 4.69) is 0 Å². The van der Waals surface area contributed by atoms with Gasteiger partial charge in [-0.2, -0.15) is 0 Å². The van der Waals surface area contributed by atoms with Crippen LogP contribution in [0.2, 0.25) is 0 Å². The number of fused-ring (bicyclic) bond motifs is 1. The molecule has 24 heavy (non-hydrogen) atoms. The largest absolute Gasteiger partial charge is 0.508 e.